The fourth-order valence-electron chi connectivity index (χ4n) is 1.92. The van der Waals surface area contributed by atoms with Crippen molar-refractivity contribution in [2.75, 3.05) is 26.0 Å². The number of rotatable bonds is 6. The third kappa shape index (κ3) is 4.29. The molecule has 0 spiro atoms. The van der Waals surface area contributed by atoms with Gasteiger partial charge in [-0.05, 0) is 18.2 Å². The van der Waals surface area contributed by atoms with Crippen molar-refractivity contribution in [1.29, 1.82) is 0 Å². The van der Waals surface area contributed by atoms with Gasteiger partial charge in [0.2, 0.25) is 5.91 Å². The van der Waals surface area contributed by atoms with Gasteiger partial charge in [0.05, 0.1) is 23.5 Å². The fraction of sp³-hybridized carbons (Fsp3) is 0.200. The number of thiophene rings is 1. The van der Waals surface area contributed by atoms with Gasteiger partial charge < -0.3 is 15.0 Å². The molecule has 0 saturated carbocycles. The number of hydrogen-bond acceptors (Lipinski definition) is 6. The number of nitrogens with zero attached hydrogens (tertiary/aromatic N) is 2. The van der Waals surface area contributed by atoms with Crippen LogP contribution in [0.5, 0.6) is 5.75 Å². The maximum atomic E-state index is 12.2. The number of anilines is 1. The summed E-state index contributed by atoms with van der Waals surface area (Å²) in [6, 6.07) is 9.47. The van der Waals surface area contributed by atoms with Crippen molar-refractivity contribution in [1.82, 2.24) is 4.90 Å². The molecule has 0 fully saturated rings. The highest BCUT2D eigenvalue weighted by Gasteiger charge is 2.20. The van der Waals surface area contributed by atoms with Gasteiger partial charge in [-0.25, -0.2) is 0 Å². The van der Waals surface area contributed by atoms with E-state index < -0.39 is 10.8 Å². The van der Waals surface area contributed by atoms with Gasteiger partial charge in [0.15, 0.2) is 0 Å². The number of hydrogen-bond donors (Lipinski definition) is 1. The standard InChI is InChI=1S/C15H15N3O5S/c1-17(15(20)12-6-7-14(24-12)18(21)22)9-13(19)16-10-4-3-5-11(8-10)23-2/h3-8H,9H2,1-2H3,(H,16,19). The molecule has 2 amide bonds. The first-order valence-electron chi connectivity index (χ1n) is 6.84. The predicted octanol–water partition coefficient (Wildman–Crippen LogP) is 2.38. The Labute approximate surface area is 141 Å². The molecular weight excluding hydrogens is 334 g/mol. The molecule has 0 aliphatic heterocycles. The van der Waals surface area contributed by atoms with Crippen LogP contribution in [-0.4, -0.2) is 42.3 Å². The summed E-state index contributed by atoms with van der Waals surface area (Å²) in [4.78, 5) is 35.7. The van der Waals surface area contributed by atoms with Gasteiger partial charge in [-0.2, -0.15) is 0 Å². The van der Waals surface area contributed by atoms with E-state index in [0.717, 1.165) is 11.3 Å². The molecule has 1 aromatic heterocycles. The van der Waals surface area contributed by atoms with Crippen LogP contribution in [0.1, 0.15) is 9.67 Å². The Bertz CT molecular complexity index is 774. The first-order chi connectivity index (χ1) is 11.4. The number of nitro groups is 1. The number of methoxy groups -OCH3 is 1. The lowest BCUT2D eigenvalue weighted by Gasteiger charge is -2.16. The quantitative estimate of drug-likeness (QED) is 0.637. The highest BCUT2D eigenvalue weighted by Crippen LogP contribution is 2.24. The SMILES string of the molecule is COc1cccc(NC(=O)CN(C)C(=O)c2ccc([N+](=O)[O-])s2)c1. The molecule has 8 nitrogen and oxygen atoms in total. The van der Waals surface area contributed by atoms with Crippen molar-refractivity contribution >= 4 is 33.8 Å². The summed E-state index contributed by atoms with van der Waals surface area (Å²) in [6.45, 7) is -0.179. The molecule has 0 atom stereocenters. The average molecular weight is 349 g/mol. The average Bonchev–Trinajstić information content (AvgIpc) is 3.04. The second-order valence-electron chi connectivity index (χ2n) is 4.84. The van der Waals surface area contributed by atoms with E-state index in [4.69, 9.17) is 4.74 Å². The van der Waals surface area contributed by atoms with Crippen LogP contribution in [0.25, 0.3) is 0 Å². The summed E-state index contributed by atoms with van der Waals surface area (Å²) >= 11 is 0.775. The first-order valence-corrected chi connectivity index (χ1v) is 7.66. The second kappa shape index (κ2) is 7.55. The lowest BCUT2D eigenvalue weighted by atomic mass is 10.3. The van der Waals surface area contributed by atoms with Crippen LogP contribution in [0.3, 0.4) is 0 Å². The maximum absolute atomic E-state index is 12.2. The van der Waals surface area contributed by atoms with Crippen molar-refractivity contribution in [3.8, 4) is 5.75 Å². The van der Waals surface area contributed by atoms with Crippen LogP contribution >= 0.6 is 11.3 Å². The van der Waals surface area contributed by atoms with Crippen molar-refractivity contribution in [3.05, 3.63) is 51.4 Å². The summed E-state index contributed by atoms with van der Waals surface area (Å²) < 4.78 is 5.07. The molecule has 2 rings (SSSR count). The van der Waals surface area contributed by atoms with E-state index in [1.54, 1.807) is 24.3 Å². The molecule has 9 heteroatoms. The maximum Gasteiger partial charge on any atom is 0.324 e. The summed E-state index contributed by atoms with van der Waals surface area (Å²) in [5.74, 6) is -0.234. The summed E-state index contributed by atoms with van der Waals surface area (Å²) in [5, 5.41) is 13.2. The van der Waals surface area contributed by atoms with E-state index in [1.807, 2.05) is 0 Å². The zero-order chi connectivity index (χ0) is 17.7. The fourth-order valence-corrected chi connectivity index (χ4v) is 2.73. The molecule has 1 N–H and O–H groups in total. The van der Waals surface area contributed by atoms with Gasteiger partial charge in [0, 0.05) is 24.9 Å². The molecule has 0 saturated heterocycles. The van der Waals surface area contributed by atoms with Crippen LogP contribution < -0.4 is 10.1 Å². The molecular formula is C15H15N3O5S. The van der Waals surface area contributed by atoms with E-state index in [1.165, 1.54) is 31.2 Å². The molecule has 0 aliphatic rings. The van der Waals surface area contributed by atoms with E-state index in [2.05, 4.69) is 5.32 Å². The molecule has 0 radical (unpaired) electrons. The molecule has 24 heavy (non-hydrogen) atoms. The number of nitrogens with one attached hydrogen (secondary N) is 1. The minimum Gasteiger partial charge on any atom is -0.497 e. The number of benzene rings is 1. The normalized spacial score (nSPS) is 10.1. The zero-order valence-electron chi connectivity index (χ0n) is 13.0. The van der Waals surface area contributed by atoms with E-state index >= 15 is 0 Å². The minimum absolute atomic E-state index is 0.118. The van der Waals surface area contributed by atoms with Crippen LogP contribution in [0.4, 0.5) is 10.7 Å². The van der Waals surface area contributed by atoms with Crippen LogP contribution in [0.15, 0.2) is 36.4 Å². The summed E-state index contributed by atoms with van der Waals surface area (Å²) in [5.41, 5.74) is 0.548. The Morgan fingerprint density at radius 1 is 1.33 bits per heavy atom. The Kier molecular flexibility index (Phi) is 5.48. The van der Waals surface area contributed by atoms with Crippen molar-refractivity contribution < 1.29 is 19.2 Å². The topological polar surface area (TPSA) is 102 Å². The predicted molar refractivity (Wildman–Crippen MR) is 89.6 cm³/mol. The largest absolute Gasteiger partial charge is 0.497 e. The molecule has 2 aromatic rings. The molecule has 0 aliphatic carbocycles. The van der Waals surface area contributed by atoms with E-state index in [9.17, 15) is 19.7 Å². The lowest BCUT2D eigenvalue weighted by Crippen LogP contribution is -2.34. The smallest absolute Gasteiger partial charge is 0.324 e. The number of ether oxygens (including phenoxy) is 1. The summed E-state index contributed by atoms with van der Waals surface area (Å²) in [7, 11) is 2.98. The number of carbonyl (C=O) groups is 2. The van der Waals surface area contributed by atoms with Gasteiger partial charge in [-0.1, -0.05) is 17.4 Å². The molecule has 1 aromatic carbocycles. The van der Waals surface area contributed by atoms with Gasteiger partial charge in [-0.15, -0.1) is 0 Å². The first kappa shape index (κ1) is 17.4. The van der Waals surface area contributed by atoms with Gasteiger partial charge in [-0.3, -0.25) is 19.7 Å². The number of carbonyl (C=O) groups excluding carboxylic acids is 2. The Morgan fingerprint density at radius 3 is 2.71 bits per heavy atom. The van der Waals surface area contributed by atoms with Crippen LogP contribution in [0.2, 0.25) is 0 Å². The Balaban J connectivity index is 1.97. The summed E-state index contributed by atoms with van der Waals surface area (Å²) in [6.07, 6.45) is 0. The third-order valence-electron chi connectivity index (χ3n) is 3.06. The van der Waals surface area contributed by atoms with Crippen molar-refractivity contribution in [2.45, 2.75) is 0 Å². The van der Waals surface area contributed by atoms with Gasteiger partial charge in [0.1, 0.15) is 5.75 Å². The van der Waals surface area contributed by atoms with Gasteiger partial charge in [0.25, 0.3) is 5.91 Å². The third-order valence-corrected chi connectivity index (χ3v) is 4.09. The minimum atomic E-state index is -0.559. The van der Waals surface area contributed by atoms with E-state index in [0.29, 0.717) is 11.4 Å². The molecule has 126 valence electrons. The molecule has 0 bridgehead atoms. The number of amides is 2. The van der Waals surface area contributed by atoms with Crippen LogP contribution in [0, 0.1) is 10.1 Å². The van der Waals surface area contributed by atoms with Crippen LogP contribution in [-0.2, 0) is 4.79 Å². The number of likely N-dealkylation sites (N-methyl/N-ethyl adjacent to an activating group) is 1. The second-order valence-corrected chi connectivity index (χ2v) is 5.90. The monoisotopic (exact) mass is 349 g/mol. The highest BCUT2D eigenvalue weighted by molar-refractivity contribution is 7.17. The Hall–Kier alpha value is -2.94. The zero-order valence-corrected chi connectivity index (χ0v) is 13.8. The Morgan fingerprint density at radius 2 is 2.08 bits per heavy atom. The lowest BCUT2D eigenvalue weighted by molar-refractivity contribution is -0.380. The molecule has 1 heterocycles. The molecule has 0 unspecified atom stereocenters. The van der Waals surface area contributed by atoms with Crippen molar-refractivity contribution in [2.24, 2.45) is 0 Å². The van der Waals surface area contributed by atoms with E-state index in [-0.39, 0.29) is 22.3 Å². The van der Waals surface area contributed by atoms with Gasteiger partial charge >= 0.3 is 5.00 Å². The highest BCUT2D eigenvalue weighted by atomic mass is 32.1. The van der Waals surface area contributed by atoms with Crippen molar-refractivity contribution in [3.63, 3.8) is 0 Å².